The molecule has 0 atom stereocenters. The van der Waals surface area contributed by atoms with E-state index in [2.05, 4.69) is 4.74 Å². The number of aliphatic hydroxyl groups is 2. The van der Waals surface area contributed by atoms with Gasteiger partial charge in [0.05, 0.1) is 34.5 Å². The Morgan fingerprint density at radius 2 is 1.33 bits per heavy atom. The van der Waals surface area contributed by atoms with Gasteiger partial charge in [0, 0.05) is 32.9 Å². The molecule has 0 aliphatic rings. The molecule has 0 radical (unpaired) electrons. The number of nitrogens with zero attached hydrogens (tertiary/aromatic N) is 1. The van der Waals surface area contributed by atoms with Gasteiger partial charge in [0.2, 0.25) is 5.75 Å². The van der Waals surface area contributed by atoms with Crippen LogP contribution in [0.3, 0.4) is 0 Å². The fourth-order valence-electron chi connectivity index (χ4n) is 1.94. The first kappa shape index (κ1) is 22.0. The number of ether oxygens (including phenoxy) is 4. The SMILES string of the molecule is COC.COc1cc(C(=O)N(CCO)CCO)cc(OC)c1OC. The summed E-state index contributed by atoms with van der Waals surface area (Å²) in [5.41, 5.74) is 0.325. The van der Waals surface area contributed by atoms with Gasteiger partial charge in [0.15, 0.2) is 11.5 Å². The van der Waals surface area contributed by atoms with Gasteiger partial charge in [-0.2, -0.15) is 0 Å². The summed E-state index contributed by atoms with van der Waals surface area (Å²) in [5.74, 6) is 0.797. The molecule has 0 saturated carbocycles. The van der Waals surface area contributed by atoms with Gasteiger partial charge in [-0.3, -0.25) is 4.79 Å². The number of aliphatic hydroxyl groups excluding tert-OH is 2. The molecule has 0 aromatic heterocycles. The van der Waals surface area contributed by atoms with E-state index in [-0.39, 0.29) is 32.2 Å². The summed E-state index contributed by atoms with van der Waals surface area (Å²) in [7, 11) is 7.65. The van der Waals surface area contributed by atoms with Crippen LogP contribution in [0.5, 0.6) is 17.2 Å². The van der Waals surface area contributed by atoms with Gasteiger partial charge >= 0.3 is 0 Å². The van der Waals surface area contributed by atoms with Crippen molar-refractivity contribution in [2.24, 2.45) is 0 Å². The molecule has 2 N–H and O–H groups in total. The number of amides is 1. The van der Waals surface area contributed by atoms with E-state index in [0.717, 1.165) is 0 Å². The third-order valence-corrected chi connectivity index (χ3v) is 2.94. The Kier molecular flexibility index (Phi) is 11.4. The number of methoxy groups -OCH3 is 4. The molecule has 0 unspecified atom stereocenters. The van der Waals surface area contributed by atoms with Gasteiger partial charge in [0.25, 0.3) is 5.91 Å². The van der Waals surface area contributed by atoms with Crippen LogP contribution in [0.15, 0.2) is 12.1 Å². The monoisotopic (exact) mass is 345 g/mol. The maximum absolute atomic E-state index is 12.4. The molecule has 1 amide bonds. The Morgan fingerprint density at radius 3 is 1.62 bits per heavy atom. The van der Waals surface area contributed by atoms with Crippen LogP contribution >= 0.6 is 0 Å². The first-order valence-corrected chi connectivity index (χ1v) is 7.25. The summed E-state index contributed by atoms with van der Waals surface area (Å²) in [6.07, 6.45) is 0. The highest BCUT2D eigenvalue weighted by Gasteiger charge is 2.20. The highest BCUT2D eigenvalue weighted by atomic mass is 16.5. The minimum absolute atomic E-state index is 0.135. The lowest BCUT2D eigenvalue weighted by atomic mass is 10.1. The zero-order valence-electron chi connectivity index (χ0n) is 14.9. The summed E-state index contributed by atoms with van der Waals surface area (Å²) in [5, 5.41) is 18.0. The molecular formula is C16H27NO7. The van der Waals surface area contributed by atoms with Crippen molar-refractivity contribution in [1.82, 2.24) is 4.90 Å². The van der Waals surface area contributed by atoms with Gasteiger partial charge in [-0.25, -0.2) is 0 Å². The molecule has 0 spiro atoms. The van der Waals surface area contributed by atoms with Crippen LogP contribution in [0.4, 0.5) is 0 Å². The second-order valence-corrected chi connectivity index (χ2v) is 4.56. The van der Waals surface area contributed by atoms with Gasteiger partial charge in [0.1, 0.15) is 0 Å². The lowest BCUT2D eigenvalue weighted by Gasteiger charge is -2.22. The number of carbonyl (C=O) groups is 1. The van der Waals surface area contributed by atoms with E-state index < -0.39 is 0 Å². The average molecular weight is 345 g/mol. The summed E-state index contributed by atoms with van der Waals surface area (Å²) in [6.45, 7) is -0.0988. The van der Waals surface area contributed by atoms with Gasteiger partial charge < -0.3 is 34.1 Å². The summed E-state index contributed by atoms with van der Waals surface area (Å²) >= 11 is 0. The first-order valence-electron chi connectivity index (χ1n) is 7.25. The number of rotatable bonds is 8. The molecule has 24 heavy (non-hydrogen) atoms. The number of benzene rings is 1. The average Bonchev–Trinajstić information content (AvgIpc) is 2.60. The van der Waals surface area contributed by atoms with E-state index in [1.807, 2.05) is 0 Å². The molecule has 8 heteroatoms. The van der Waals surface area contributed by atoms with Gasteiger partial charge in [-0.15, -0.1) is 0 Å². The first-order chi connectivity index (χ1) is 11.5. The van der Waals surface area contributed by atoms with Crippen LogP contribution in [-0.4, -0.2) is 82.9 Å². The maximum atomic E-state index is 12.4. The Morgan fingerprint density at radius 1 is 0.917 bits per heavy atom. The van der Waals surface area contributed by atoms with E-state index in [1.165, 1.54) is 38.4 Å². The van der Waals surface area contributed by atoms with Crippen LogP contribution < -0.4 is 14.2 Å². The summed E-state index contributed by atoms with van der Waals surface area (Å²) < 4.78 is 19.8. The molecule has 0 fully saturated rings. The van der Waals surface area contributed by atoms with Crippen molar-refractivity contribution in [1.29, 1.82) is 0 Å². The Bertz CT molecular complexity index is 462. The molecule has 1 rings (SSSR count). The third-order valence-electron chi connectivity index (χ3n) is 2.94. The van der Waals surface area contributed by atoms with E-state index >= 15 is 0 Å². The van der Waals surface area contributed by atoms with Crippen molar-refractivity contribution in [3.63, 3.8) is 0 Å². The van der Waals surface area contributed by atoms with Crippen LogP contribution in [0, 0.1) is 0 Å². The van der Waals surface area contributed by atoms with E-state index in [1.54, 1.807) is 14.2 Å². The molecule has 138 valence electrons. The molecule has 0 saturated heterocycles. The molecule has 1 aromatic rings. The van der Waals surface area contributed by atoms with Crippen LogP contribution in [-0.2, 0) is 4.74 Å². The Balaban J connectivity index is 0.00000163. The van der Waals surface area contributed by atoms with Crippen molar-refractivity contribution in [3.8, 4) is 17.2 Å². The minimum Gasteiger partial charge on any atom is -0.493 e. The largest absolute Gasteiger partial charge is 0.493 e. The molecule has 0 heterocycles. The van der Waals surface area contributed by atoms with Gasteiger partial charge in [-0.1, -0.05) is 0 Å². The topological polar surface area (TPSA) is 97.7 Å². The van der Waals surface area contributed by atoms with Crippen molar-refractivity contribution in [2.45, 2.75) is 0 Å². The standard InChI is InChI=1S/C14H21NO6.C2H6O/c1-19-11-8-10(9-12(20-2)13(11)21-3)14(18)15(4-6-16)5-7-17;1-3-2/h8-9,16-17H,4-7H2,1-3H3;1-2H3. The third kappa shape index (κ3) is 6.23. The summed E-state index contributed by atoms with van der Waals surface area (Å²) in [6, 6.07) is 3.07. The van der Waals surface area contributed by atoms with Crippen molar-refractivity contribution in [3.05, 3.63) is 17.7 Å². The van der Waals surface area contributed by atoms with E-state index in [0.29, 0.717) is 22.8 Å². The second-order valence-electron chi connectivity index (χ2n) is 4.56. The number of hydrogen-bond donors (Lipinski definition) is 2. The molecule has 8 nitrogen and oxygen atoms in total. The zero-order valence-corrected chi connectivity index (χ0v) is 14.9. The number of carbonyl (C=O) groups excluding carboxylic acids is 1. The van der Waals surface area contributed by atoms with Crippen LogP contribution in [0.25, 0.3) is 0 Å². The molecule has 0 bridgehead atoms. The predicted octanol–water partition coefficient (Wildman–Crippen LogP) is 0.402. The maximum Gasteiger partial charge on any atom is 0.254 e. The van der Waals surface area contributed by atoms with Crippen molar-refractivity contribution >= 4 is 5.91 Å². The molecule has 0 aliphatic carbocycles. The normalized spacial score (nSPS) is 9.62. The van der Waals surface area contributed by atoms with Crippen LogP contribution in [0.1, 0.15) is 10.4 Å². The van der Waals surface area contributed by atoms with E-state index in [9.17, 15) is 4.79 Å². The summed E-state index contributed by atoms with van der Waals surface area (Å²) in [4.78, 5) is 13.8. The zero-order chi connectivity index (χ0) is 18.5. The fraction of sp³-hybridized carbons (Fsp3) is 0.562. The van der Waals surface area contributed by atoms with E-state index in [4.69, 9.17) is 24.4 Å². The molecule has 0 aliphatic heterocycles. The lowest BCUT2D eigenvalue weighted by molar-refractivity contribution is 0.0684. The Labute approximate surface area is 142 Å². The highest BCUT2D eigenvalue weighted by Crippen LogP contribution is 2.38. The molecule has 1 aromatic carbocycles. The lowest BCUT2D eigenvalue weighted by Crippen LogP contribution is -2.35. The Hall–Kier alpha value is -2.03. The fourth-order valence-corrected chi connectivity index (χ4v) is 1.94. The van der Waals surface area contributed by atoms with Crippen molar-refractivity contribution < 1.29 is 34.0 Å². The van der Waals surface area contributed by atoms with Gasteiger partial charge in [-0.05, 0) is 12.1 Å². The smallest absolute Gasteiger partial charge is 0.254 e. The minimum atomic E-state index is -0.336. The molecular weight excluding hydrogens is 318 g/mol. The highest BCUT2D eigenvalue weighted by molar-refractivity contribution is 5.95. The predicted molar refractivity (Wildman–Crippen MR) is 89.1 cm³/mol. The number of hydrogen-bond acceptors (Lipinski definition) is 7. The van der Waals surface area contributed by atoms with Crippen molar-refractivity contribution in [2.75, 3.05) is 61.9 Å². The van der Waals surface area contributed by atoms with Crippen LogP contribution in [0.2, 0.25) is 0 Å². The second kappa shape index (κ2) is 12.4. The quantitative estimate of drug-likeness (QED) is 0.704.